The first kappa shape index (κ1) is 15.4. The summed E-state index contributed by atoms with van der Waals surface area (Å²) in [4.78, 5) is 0. The van der Waals surface area contributed by atoms with E-state index in [0.29, 0.717) is 6.54 Å². The van der Waals surface area contributed by atoms with Crippen molar-refractivity contribution in [2.45, 2.75) is 12.3 Å². The second-order valence-corrected chi connectivity index (χ2v) is 5.94. The van der Waals surface area contributed by atoms with Gasteiger partial charge in [0.25, 0.3) is 0 Å². The van der Waals surface area contributed by atoms with Crippen LogP contribution in [0.3, 0.4) is 0 Å². The van der Waals surface area contributed by atoms with E-state index in [1.807, 2.05) is 36.4 Å². The Bertz CT molecular complexity index is 588. The molecule has 0 heterocycles. The maximum Gasteiger partial charge on any atom is 0.122 e. The van der Waals surface area contributed by atoms with Crippen molar-refractivity contribution in [2.24, 2.45) is 5.73 Å². The van der Waals surface area contributed by atoms with Gasteiger partial charge in [0.2, 0.25) is 0 Å². The van der Waals surface area contributed by atoms with Crippen LogP contribution in [-0.2, 0) is 6.42 Å². The summed E-state index contributed by atoms with van der Waals surface area (Å²) in [6, 6.07) is 13.8. The normalized spacial score (nSPS) is 12.2. The Kier molecular flexibility index (Phi) is 5.46. The molecule has 0 aliphatic rings. The summed E-state index contributed by atoms with van der Waals surface area (Å²) in [5, 5.41) is 0.761. The molecule has 0 fully saturated rings. The van der Waals surface area contributed by atoms with Gasteiger partial charge >= 0.3 is 0 Å². The lowest BCUT2D eigenvalue weighted by Gasteiger charge is -2.18. The fourth-order valence-corrected chi connectivity index (χ4v) is 3.00. The van der Waals surface area contributed by atoms with Crippen LogP contribution in [0, 0.1) is 0 Å². The Labute approximate surface area is 133 Å². The van der Waals surface area contributed by atoms with Crippen molar-refractivity contribution < 1.29 is 4.74 Å². The first-order valence-electron chi connectivity index (χ1n) is 6.42. The summed E-state index contributed by atoms with van der Waals surface area (Å²) in [7, 11) is 1.68. The summed E-state index contributed by atoms with van der Waals surface area (Å²) < 4.78 is 6.45. The van der Waals surface area contributed by atoms with E-state index in [0.717, 1.165) is 32.8 Å². The van der Waals surface area contributed by atoms with Crippen LogP contribution in [-0.4, -0.2) is 13.7 Å². The largest absolute Gasteiger partial charge is 0.496 e. The van der Waals surface area contributed by atoms with E-state index in [9.17, 15) is 0 Å². The van der Waals surface area contributed by atoms with Crippen LogP contribution < -0.4 is 10.5 Å². The van der Waals surface area contributed by atoms with Crippen LogP contribution >= 0.6 is 27.5 Å². The van der Waals surface area contributed by atoms with Gasteiger partial charge in [-0.2, -0.15) is 0 Å². The number of ether oxygens (including phenoxy) is 1. The zero-order valence-electron chi connectivity index (χ0n) is 11.3. The molecule has 2 aromatic rings. The Morgan fingerprint density at radius 3 is 2.65 bits per heavy atom. The van der Waals surface area contributed by atoms with Gasteiger partial charge in [-0.1, -0.05) is 45.7 Å². The van der Waals surface area contributed by atoms with Crippen molar-refractivity contribution in [3.8, 4) is 5.75 Å². The summed E-state index contributed by atoms with van der Waals surface area (Å²) in [6.07, 6.45) is 0.794. The van der Waals surface area contributed by atoms with E-state index in [2.05, 4.69) is 22.0 Å². The molecular formula is C16H17BrClNO. The van der Waals surface area contributed by atoms with Crippen LogP contribution in [0.1, 0.15) is 17.0 Å². The van der Waals surface area contributed by atoms with Crippen LogP contribution in [0.5, 0.6) is 5.75 Å². The molecule has 106 valence electrons. The molecule has 0 spiro atoms. The molecule has 0 bridgehead atoms. The number of rotatable bonds is 5. The van der Waals surface area contributed by atoms with Gasteiger partial charge in [-0.3, -0.25) is 0 Å². The lowest BCUT2D eigenvalue weighted by Crippen LogP contribution is -2.16. The minimum Gasteiger partial charge on any atom is -0.496 e. The highest BCUT2D eigenvalue weighted by Gasteiger charge is 2.16. The first-order chi connectivity index (χ1) is 9.65. The molecule has 1 atom stereocenters. The average Bonchev–Trinajstić information content (AvgIpc) is 2.46. The molecule has 0 amide bonds. The van der Waals surface area contributed by atoms with E-state index < -0.39 is 0 Å². The smallest absolute Gasteiger partial charge is 0.122 e. The lowest BCUT2D eigenvalue weighted by atomic mass is 9.91. The highest BCUT2D eigenvalue weighted by Crippen LogP contribution is 2.31. The molecule has 0 radical (unpaired) electrons. The number of methoxy groups -OCH3 is 1. The second kappa shape index (κ2) is 7.11. The molecule has 0 aliphatic heterocycles. The Balaban J connectivity index is 2.31. The molecule has 0 saturated heterocycles. The Morgan fingerprint density at radius 2 is 2.00 bits per heavy atom. The molecule has 2 N–H and O–H groups in total. The molecule has 2 nitrogen and oxygen atoms in total. The van der Waals surface area contributed by atoms with Crippen LogP contribution in [0.2, 0.25) is 5.02 Å². The maximum atomic E-state index is 6.27. The SMILES string of the molecule is COc1ccc(Br)cc1CC(CN)c1ccccc1Cl. The molecule has 2 aromatic carbocycles. The molecule has 1 unspecified atom stereocenters. The monoisotopic (exact) mass is 353 g/mol. The maximum absolute atomic E-state index is 6.27. The molecule has 20 heavy (non-hydrogen) atoms. The number of hydrogen-bond donors (Lipinski definition) is 1. The van der Waals surface area contributed by atoms with Gasteiger partial charge in [0.1, 0.15) is 5.75 Å². The van der Waals surface area contributed by atoms with E-state index in [-0.39, 0.29) is 5.92 Å². The topological polar surface area (TPSA) is 35.2 Å². The van der Waals surface area contributed by atoms with Gasteiger partial charge in [-0.15, -0.1) is 0 Å². The fraction of sp³-hybridized carbons (Fsp3) is 0.250. The van der Waals surface area contributed by atoms with Crippen LogP contribution in [0.4, 0.5) is 0 Å². The molecule has 4 heteroatoms. The number of nitrogens with two attached hydrogens (primary N) is 1. The highest BCUT2D eigenvalue weighted by atomic mass is 79.9. The highest BCUT2D eigenvalue weighted by molar-refractivity contribution is 9.10. The summed E-state index contributed by atoms with van der Waals surface area (Å²) in [6.45, 7) is 0.541. The van der Waals surface area contributed by atoms with Gasteiger partial charge in [0, 0.05) is 15.4 Å². The van der Waals surface area contributed by atoms with E-state index in [4.69, 9.17) is 22.1 Å². The molecule has 0 saturated carbocycles. The van der Waals surface area contributed by atoms with Crippen LogP contribution in [0.15, 0.2) is 46.9 Å². The van der Waals surface area contributed by atoms with E-state index >= 15 is 0 Å². The van der Waals surface area contributed by atoms with Gasteiger partial charge in [-0.25, -0.2) is 0 Å². The Hall–Kier alpha value is -1.03. The van der Waals surface area contributed by atoms with Crippen molar-refractivity contribution in [1.82, 2.24) is 0 Å². The van der Waals surface area contributed by atoms with Crippen molar-refractivity contribution >= 4 is 27.5 Å². The second-order valence-electron chi connectivity index (χ2n) is 4.61. The van der Waals surface area contributed by atoms with Gasteiger partial charge < -0.3 is 10.5 Å². The summed E-state index contributed by atoms with van der Waals surface area (Å²) in [5.41, 5.74) is 8.14. The number of benzene rings is 2. The summed E-state index contributed by atoms with van der Waals surface area (Å²) >= 11 is 9.77. The third kappa shape index (κ3) is 3.54. The van der Waals surface area contributed by atoms with Crippen LogP contribution in [0.25, 0.3) is 0 Å². The zero-order chi connectivity index (χ0) is 14.5. The third-order valence-corrected chi connectivity index (χ3v) is 4.18. The number of halogens is 2. The van der Waals surface area contributed by atoms with E-state index in [1.165, 1.54) is 0 Å². The Morgan fingerprint density at radius 1 is 1.25 bits per heavy atom. The zero-order valence-corrected chi connectivity index (χ0v) is 13.6. The third-order valence-electron chi connectivity index (χ3n) is 3.34. The van der Waals surface area contributed by atoms with Gasteiger partial charge in [0.05, 0.1) is 7.11 Å². The van der Waals surface area contributed by atoms with Crippen molar-refractivity contribution in [1.29, 1.82) is 0 Å². The van der Waals surface area contributed by atoms with Gasteiger partial charge in [-0.05, 0) is 48.4 Å². The minimum absolute atomic E-state index is 0.173. The van der Waals surface area contributed by atoms with Crippen molar-refractivity contribution in [3.63, 3.8) is 0 Å². The van der Waals surface area contributed by atoms with E-state index in [1.54, 1.807) is 7.11 Å². The summed E-state index contributed by atoms with van der Waals surface area (Å²) in [5.74, 6) is 1.05. The molecule has 0 aliphatic carbocycles. The van der Waals surface area contributed by atoms with Crippen molar-refractivity contribution in [2.75, 3.05) is 13.7 Å². The standard InChI is InChI=1S/C16H17BrClNO/c1-20-16-7-6-13(17)9-11(16)8-12(10-19)14-4-2-3-5-15(14)18/h2-7,9,12H,8,10,19H2,1H3. The molecule has 0 aromatic heterocycles. The van der Waals surface area contributed by atoms with Gasteiger partial charge in [0.15, 0.2) is 0 Å². The lowest BCUT2D eigenvalue weighted by molar-refractivity contribution is 0.408. The predicted molar refractivity (Wildman–Crippen MR) is 87.6 cm³/mol. The first-order valence-corrected chi connectivity index (χ1v) is 7.59. The molecular weight excluding hydrogens is 338 g/mol. The fourth-order valence-electron chi connectivity index (χ4n) is 2.30. The van der Waals surface area contributed by atoms with Crippen molar-refractivity contribution in [3.05, 3.63) is 63.1 Å². The number of hydrogen-bond acceptors (Lipinski definition) is 2. The average molecular weight is 355 g/mol. The predicted octanol–water partition coefficient (Wildman–Crippen LogP) is 4.40. The quantitative estimate of drug-likeness (QED) is 0.864. The minimum atomic E-state index is 0.173. The molecule has 2 rings (SSSR count).